The quantitative estimate of drug-likeness (QED) is 0.664. The molecule has 0 aliphatic rings. The van der Waals surface area contributed by atoms with Crippen molar-refractivity contribution in [3.63, 3.8) is 0 Å². The largest absolute Gasteiger partial charge is 0.358 e. The van der Waals surface area contributed by atoms with Crippen LogP contribution in [0.2, 0.25) is 0 Å². The number of benzene rings is 1. The summed E-state index contributed by atoms with van der Waals surface area (Å²) in [7, 11) is 1.50. The fourth-order valence-electron chi connectivity index (χ4n) is 1.30. The minimum Gasteiger partial charge on any atom is -0.358 e. The molecule has 2 amide bonds. The summed E-state index contributed by atoms with van der Waals surface area (Å²) in [4.78, 5) is 22.8. The van der Waals surface area contributed by atoms with Gasteiger partial charge in [0.2, 0.25) is 11.8 Å². The monoisotopic (exact) mass is 303 g/mol. The van der Waals surface area contributed by atoms with Gasteiger partial charge in [-0.1, -0.05) is 11.8 Å². The van der Waals surface area contributed by atoms with Gasteiger partial charge in [0.25, 0.3) is 5.76 Å². The fourth-order valence-corrected chi connectivity index (χ4v) is 1.80. The number of carbonyl (C=O) groups is 2. The SMILES string of the molecule is CNC(=O)CNCC(=O)Nc1ccc(SC(F)F)cc1. The lowest BCUT2D eigenvalue weighted by Gasteiger charge is -2.07. The van der Waals surface area contributed by atoms with E-state index in [-0.39, 0.29) is 24.9 Å². The Hall–Kier alpha value is -1.67. The number of anilines is 1. The maximum Gasteiger partial charge on any atom is 0.288 e. The van der Waals surface area contributed by atoms with Crippen LogP contribution in [-0.4, -0.2) is 37.7 Å². The first-order valence-corrected chi connectivity index (χ1v) is 6.65. The minimum atomic E-state index is -2.47. The summed E-state index contributed by atoms with van der Waals surface area (Å²) < 4.78 is 24.2. The number of halogens is 2. The summed E-state index contributed by atoms with van der Waals surface area (Å²) in [6, 6.07) is 6.09. The maximum atomic E-state index is 12.1. The second kappa shape index (κ2) is 8.49. The van der Waals surface area contributed by atoms with Crippen molar-refractivity contribution in [2.45, 2.75) is 10.7 Å². The van der Waals surface area contributed by atoms with Crippen LogP contribution < -0.4 is 16.0 Å². The third kappa shape index (κ3) is 6.48. The predicted molar refractivity (Wildman–Crippen MR) is 73.9 cm³/mol. The predicted octanol–water partition coefficient (Wildman–Crippen LogP) is 1.28. The molecule has 3 N–H and O–H groups in total. The van der Waals surface area contributed by atoms with E-state index in [9.17, 15) is 18.4 Å². The molecule has 0 fully saturated rings. The molecule has 0 atom stereocenters. The van der Waals surface area contributed by atoms with Crippen molar-refractivity contribution in [2.75, 3.05) is 25.5 Å². The lowest BCUT2D eigenvalue weighted by molar-refractivity contribution is -0.119. The number of rotatable bonds is 7. The molecule has 0 saturated carbocycles. The highest BCUT2D eigenvalue weighted by molar-refractivity contribution is 7.99. The Morgan fingerprint density at radius 3 is 2.30 bits per heavy atom. The number of alkyl halides is 2. The van der Waals surface area contributed by atoms with Crippen molar-refractivity contribution in [3.05, 3.63) is 24.3 Å². The van der Waals surface area contributed by atoms with Crippen LogP contribution in [0, 0.1) is 0 Å². The number of hydrogen-bond donors (Lipinski definition) is 3. The van der Waals surface area contributed by atoms with Gasteiger partial charge in [-0.2, -0.15) is 8.78 Å². The van der Waals surface area contributed by atoms with Crippen LogP contribution in [0.15, 0.2) is 29.2 Å². The second-order valence-corrected chi connectivity index (χ2v) is 4.79. The Labute approximate surface area is 119 Å². The Balaban J connectivity index is 2.36. The molecular weight excluding hydrogens is 288 g/mol. The van der Waals surface area contributed by atoms with E-state index >= 15 is 0 Å². The number of amides is 2. The van der Waals surface area contributed by atoms with Gasteiger partial charge in [-0.25, -0.2) is 0 Å². The van der Waals surface area contributed by atoms with E-state index in [1.165, 1.54) is 19.2 Å². The third-order valence-corrected chi connectivity index (χ3v) is 2.94. The van der Waals surface area contributed by atoms with Crippen LogP contribution in [0.1, 0.15) is 0 Å². The zero-order valence-corrected chi connectivity index (χ0v) is 11.6. The molecule has 0 bridgehead atoms. The molecule has 0 radical (unpaired) electrons. The lowest BCUT2D eigenvalue weighted by atomic mass is 10.3. The van der Waals surface area contributed by atoms with E-state index in [0.29, 0.717) is 22.3 Å². The third-order valence-electron chi connectivity index (χ3n) is 2.21. The van der Waals surface area contributed by atoms with Gasteiger partial charge in [-0.15, -0.1) is 0 Å². The molecule has 0 spiro atoms. The zero-order chi connectivity index (χ0) is 15.0. The van der Waals surface area contributed by atoms with Gasteiger partial charge >= 0.3 is 0 Å². The van der Waals surface area contributed by atoms with E-state index in [1.54, 1.807) is 12.1 Å². The number of thioether (sulfide) groups is 1. The molecule has 1 aromatic carbocycles. The molecule has 1 aromatic rings. The molecule has 0 saturated heterocycles. The van der Waals surface area contributed by atoms with Gasteiger partial charge in [0.1, 0.15) is 0 Å². The Bertz CT molecular complexity index is 455. The summed E-state index contributed by atoms with van der Waals surface area (Å²) in [6.45, 7) is 0.0365. The Morgan fingerprint density at radius 1 is 1.15 bits per heavy atom. The molecule has 0 aliphatic carbocycles. The molecule has 8 heteroatoms. The topological polar surface area (TPSA) is 70.2 Å². The zero-order valence-electron chi connectivity index (χ0n) is 10.8. The standard InChI is InChI=1S/C12H15F2N3O2S/c1-15-10(18)6-16-7-11(19)17-8-2-4-9(5-3-8)20-12(13)14/h2-5,12,16H,6-7H2,1H3,(H,15,18)(H,17,19). The van der Waals surface area contributed by atoms with E-state index in [4.69, 9.17) is 0 Å². The Kier molecular flexibility index (Phi) is 6.96. The Morgan fingerprint density at radius 2 is 1.75 bits per heavy atom. The molecule has 20 heavy (non-hydrogen) atoms. The van der Waals surface area contributed by atoms with Gasteiger partial charge in [0, 0.05) is 17.6 Å². The van der Waals surface area contributed by atoms with Gasteiger partial charge in [0.15, 0.2) is 0 Å². The molecule has 1 rings (SSSR count). The van der Waals surface area contributed by atoms with E-state index in [1.807, 2.05) is 0 Å². The van der Waals surface area contributed by atoms with Crippen molar-refractivity contribution in [1.29, 1.82) is 0 Å². The summed E-state index contributed by atoms with van der Waals surface area (Å²) in [5.41, 5.74) is 0.510. The first-order valence-electron chi connectivity index (χ1n) is 5.77. The molecule has 5 nitrogen and oxygen atoms in total. The number of nitrogens with one attached hydrogen (secondary N) is 3. The fraction of sp³-hybridized carbons (Fsp3) is 0.333. The lowest BCUT2D eigenvalue weighted by Crippen LogP contribution is -2.36. The number of carbonyl (C=O) groups excluding carboxylic acids is 2. The highest BCUT2D eigenvalue weighted by Crippen LogP contribution is 2.25. The molecular formula is C12H15F2N3O2S. The highest BCUT2D eigenvalue weighted by atomic mass is 32.2. The van der Waals surface area contributed by atoms with Crippen LogP contribution in [0.25, 0.3) is 0 Å². The summed E-state index contributed by atoms with van der Waals surface area (Å²) in [5, 5.41) is 7.66. The normalized spacial score (nSPS) is 10.4. The minimum absolute atomic E-state index is 0.0129. The molecule has 0 aliphatic heterocycles. The van der Waals surface area contributed by atoms with E-state index < -0.39 is 5.76 Å². The average molecular weight is 303 g/mol. The summed E-state index contributed by atoms with van der Waals surface area (Å²) >= 11 is 0.443. The van der Waals surface area contributed by atoms with Crippen LogP contribution in [0.5, 0.6) is 0 Å². The second-order valence-electron chi connectivity index (χ2n) is 3.73. The van der Waals surface area contributed by atoms with E-state index in [2.05, 4.69) is 16.0 Å². The van der Waals surface area contributed by atoms with Crippen LogP contribution in [0.4, 0.5) is 14.5 Å². The first kappa shape index (κ1) is 16.4. The highest BCUT2D eigenvalue weighted by Gasteiger charge is 2.06. The first-order chi connectivity index (χ1) is 9.51. The van der Waals surface area contributed by atoms with Crippen LogP contribution in [0.3, 0.4) is 0 Å². The smallest absolute Gasteiger partial charge is 0.288 e. The molecule has 0 heterocycles. The van der Waals surface area contributed by atoms with Gasteiger partial charge < -0.3 is 10.6 Å². The van der Waals surface area contributed by atoms with Gasteiger partial charge in [0.05, 0.1) is 13.1 Å². The number of hydrogen-bond acceptors (Lipinski definition) is 4. The summed E-state index contributed by atoms with van der Waals surface area (Å²) in [6.07, 6.45) is 0. The van der Waals surface area contributed by atoms with Gasteiger partial charge in [-0.3, -0.25) is 14.9 Å². The van der Waals surface area contributed by atoms with E-state index in [0.717, 1.165) is 0 Å². The van der Waals surface area contributed by atoms with Gasteiger partial charge in [-0.05, 0) is 24.3 Å². The summed E-state index contributed by atoms with van der Waals surface area (Å²) in [5.74, 6) is -3.00. The molecule has 0 aromatic heterocycles. The average Bonchev–Trinajstić information content (AvgIpc) is 2.40. The van der Waals surface area contributed by atoms with Crippen molar-refractivity contribution in [3.8, 4) is 0 Å². The van der Waals surface area contributed by atoms with Crippen molar-refractivity contribution >= 4 is 29.3 Å². The van der Waals surface area contributed by atoms with Crippen molar-refractivity contribution in [2.24, 2.45) is 0 Å². The molecule has 110 valence electrons. The van der Waals surface area contributed by atoms with Crippen molar-refractivity contribution in [1.82, 2.24) is 10.6 Å². The maximum absolute atomic E-state index is 12.1. The number of likely N-dealkylation sites (N-methyl/N-ethyl adjacent to an activating group) is 1. The van der Waals surface area contributed by atoms with Crippen LogP contribution >= 0.6 is 11.8 Å². The van der Waals surface area contributed by atoms with Crippen molar-refractivity contribution < 1.29 is 18.4 Å². The van der Waals surface area contributed by atoms with Crippen LogP contribution in [-0.2, 0) is 9.59 Å². The molecule has 0 unspecified atom stereocenters.